The Hall–Kier alpha value is -2.57. The zero-order valence-corrected chi connectivity index (χ0v) is 12.4. The number of carbonyl (C=O) groups is 1. The Morgan fingerprint density at radius 2 is 2.23 bits per heavy atom. The number of aryl methyl sites for hydroxylation is 1. The summed E-state index contributed by atoms with van der Waals surface area (Å²) >= 11 is 0. The molecule has 1 aliphatic heterocycles. The van der Waals surface area contributed by atoms with Crippen molar-refractivity contribution in [2.24, 2.45) is 0 Å². The fourth-order valence-corrected chi connectivity index (χ4v) is 2.57. The Labute approximate surface area is 128 Å². The van der Waals surface area contributed by atoms with Crippen molar-refractivity contribution in [1.29, 1.82) is 0 Å². The van der Waals surface area contributed by atoms with Crippen LogP contribution in [0, 0.1) is 6.92 Å². The van der Waals surface area contributed by atoms with Crippen molar-refractivity contribution in [3.05, 3.63) is 42.4 Å². The molecule has 2 aromatic rings. The minimum Gasteiger partial charge on any atom is -0.357 e. The van der Waals surface area contributed by atoms with Crippen LogP contribution in [0.3, 0.4) is 0 Å². The predicted octanol–water partition coefficient (Wildman–Crippen LogP) is 1.18. The third-order valence-electron chi connectivity index (χ3n) is 3.60. The highest BCUT2D eigenvalue weighted by Gasteiger charge is 2.29. The fourth-order valence-electron chi connectivity index (χ4n) is 2.57. The number of likely N-dealkylation sites (tertiary alicyclic amines) is 1. The van der Waals surface area contributed by atoms with Crippen molar-refractivity contribution in [2.45, 2.75) is 32.4 Å². The third kappa shape index (κ3) is 3.36. The highest BCUT2D eigenvalue weighted by molar-refractivity contribution is 5.85. The van der Waals surface area contributed by atoms with Gasteiger partial charge >= 0.3 is 0 Å². The molecular formula is C15H18N6O. The molecule has 0 aliphatic carbocycles. The number of anilines is 1. The molecule has 0 saturated carbocycles. The molecule has 1 aliphatic rings. The molecule has 0 radical (unpaired) electrons. The average Bonchev–Trinajstić information content (AvgIpc) is 2.52. The second kappa shape index (κ2) is 6.46. The van der Waals surface area contributed by atoms with Crippen molar-refractivity contribution in [3.63, 3.8) is 0 Å². The smallest absolute Gasteiger partial charge is 0.245 e. The molecule has 0 spiro atoms. The van der Waals surface area contributed by atoms with Gasteiger partial charge in [-0.2, -0.15) is 0 Å². The Bertz CT molecular complexity index is 647. The van der Waals surface area contributed by atoms with Crippen LogP contribution in [0.1, 0.15) is 24.4 Å². The van der Waals surface area contributed by atoms with Gasteiger partial charge in [0.15, 0.2) is 0 Å². The van der Waals surface area contributed by atoms with Crippen molar-refractivity contribution in [2.75, 3.05) is 11.9 Å². The van der Waals surface area contributed by atoms with E-state index in [1.165, 1.54) is 0 Å². The Morgan fingerprint density at radius 1 is 1.32 bits per heavy atom. The Kier molecular flexibility index (Phi) is 4.22. The van der Waals surface area contributed by atoms with Crippen LogP contribution in [0.4, 0.5) is 5.82 Å². The number of nitrogens with one attached hydrogen (secondary N) is 1. The quantitative estimate of drug-likeness (QED) is 0.912. The van der Waals surface area contributed by atoms with Crippen LogP contribution in [0.2, 0.25) is 0 Å². The number of hydrogen-bond donors (Lipinski definition) is 1. The summed E-state index contributed by atoms with van der Waals surface area (Å²) in [4.78, 5) is 31.0. The molecule has 1 amide bonds. The van der Waals surface area contributed by atoms with Crippen molar-refractivity contribution in [3.8, 4) is 0 Å². The minimum absolute atomic E-state index is 0.0770. The van der Waals surface area contributed by atoms with Gasteiger partial charge in [0.2, 0.25) is 5.91 Å². The van der Waals surface area contributed by atoms with E-state index in [-0.39, 0.29) is 11.9 Å². The highest BCUT2D eigenvalue weighted by atomic mass is 16.2. The van der Waals surface area contributed by atoms with E-state index in [1.807, 2.05) is 17.9 Å². The van der Waals surface area contributed by atoms with E-state index in [0.29, 0.717) is 12.4 Å². The number of piperidine rings is 1. The molecule has 2 aromatic heterocycles. The second-order valence-corrected chi connectivity index (χ2v) is 5.28. The molecule has 0 aromatic carbocycles. The van der Waals surface area contributed by atoms with Crippen LogP contribution < -0.4 is 5.32 Å². The highest BCUT2D eigenvalue weighted by Crippen LogP contribution is 2.17. The first-order valence-corrected chi connectivity index (χ1v) is 7.32. The summed E-state index contributed by atoms with van der Waals surface area (Å²) in [6, 6.07) is 1.59. The van der Waals surface area contributed by atoms with Gasteiger partial charge in [-0.05, 0) is 25.8 Å². The predicted molar refractivity (Wildman–Crippen MR) is 80.9 cm³/mol. The Balaban J connectivity index is 1.67. The molecule has 1 N–H and O–H groups in total. The summed E-state index contributed by atoms with van der Waals surface area (Å²) in [5, 5.41) is 3.16. The van der Waals surface area contributed by atoms with Crippen LogP contribution in [-0.4, -0.2) is 43.3 Å². The lowest BCUT2D eigenvalue weighted by molar-refractivity contribution is -0.134. The lowest BCUT2D eigenvalue weighted by Gasteiger charge is -2.32. The zero-order chi connectivity index (χ0) is 15.4. The molecule has 7 heteroatoms. The molecule has 1 fully saturated rings. The molecule has 1 saturated heterocycles. The first kappa shape index (κ1) is 14.4. The monoisotopic (exact) mass is 298 g/mol. The van der Waals surface area contributed by atoms with Gasteiger partial charge in [0.25, 0.3) is 0 Å². The maximum Gasteiger partial charge on any atom is 0.245 e. The normalized spacial score (nSPS) is 18.3. The van der Waals surface area contributed by atoms with E-state index in [0.717, 1.165) is 30.9 Å². The number of rotatable bonds is 4. The summed E-state index contributed by atoms with van der Waals surface area (Å²) in [7, 11) is 0. The largest absolute Gasteiger partial charge is 0.357 e. The summed E-state index contributed by atoms with van der Waals surface area (Å²) in [5.74, 6) is 1.42. The van der Waals surface area contributed by atoms with E-state index in [9.17, 15) is 4.79 Å². The SMILES string of the molecule is Cc1nccc(CN2CCCC(Nc3cnccn3)C2=O)n1. The van der Waals surface area contributed by atoms with Crippen molar-refractivity contribution in [1.82, 2.24) is 24.8 Å². The van der Waals surface area contributed by atoms with Gasteiger partial charge in [-0.1, -0.05) is 0 Å². The van der Waals surface area contributed by atoms with Crippen LogP contribution in [-0.2, 0) is 11.3 Å². The third-order valence-corrected chi connectivity index (χ3v) is 3.60. The van der Waals surface area contributed by atoms with Crippen LogP contribution in [0.25, 0.3) is 0 Å². The Morgan fingerprint density at radius 3 is 3.00 bits per heavy atom. The lowest BCUT2D eigenvalue weighted by Crippen LogP contribution is -2.47. The first-order valence-electron chi connectivity index (χ1n) is 7.32. The first-order chi connectivity index (χ1) is 10.7. The number of amides is 1. The molecule has 3 heterocycles. The molecule has 7 nitrogen and oxygen atoms in total. The van der Waals surface area contributed by atoms with Gasteiger partial charge < -0.3 is 10.2 Å². The van der Waals surface area contributed by atoms with E-state index >= 15 is 0 Å². The number of carbonyl (C=O) groups excluding carboxylic acids is 1. The van der Waals surface area contributed by atoms with E-state index in [1.54, 1.807) is 24.8 Å². The van der Waals surface area contributed by atoms with E-state index in [4.69, 9.17) is 0 Å². The van der Waals surface area contributed by atoms with Crippen molar-refractivity contribution < 1.29 is 4.79 Å². The summed E-state index contributed by atoms with van der Waals surface area (Å²) in [6.45, 7) is 3.11. The van der Waals surface area contributed by atoms with Crippen LogP contribution >= 0.6 is 0 Å². The van der Waals surface area contributed by atoms with Crippen LogP contribution in [0.15, 0.2) is 30.9 Å². The molecular weight excluding hydrogens is 280 g/mol. The maximum atomic E-state index is 12.6. The fraction of sp³-hybridized carbons (Fsp3) is 0.400. The van der Waals surface area contributed by atoms with Crippen LogP contribution in [0.5, 0.6) is 0 Å². The second-order valence-electron chi connectivity index (χ2n) is 5.28. The average molecular weight is 298 g/mol. The molecule has 114 valence electrons. The van der Waals surface area contributed by atoms with Gasteiger partial charge in [0, 0.05) is 25.1 Å². The standard InChI is InChI=1S/C15H18N6O/c1-11-17-5-4-12(19-11)10-21-8-2-3-13(15(21)22)20-14-9-16-6-7-18-14/h4-7,9,13H,2-3,8,10H2,1H3,(H,18,20). The van der Waals surface area contributed by atoms with Gasteiger partial charge in [-0.3, -0.25) is 9.78 Å². The maximum absolute atomic E-state index is 12.6. The lowest BCUT2D eigenvalue weighted by atomic mass is 10.0. The molecule has 3 rings (SSSR count). The molecule has 22 heavy (non-hydrogen) atoms. The number of hydrogen-bond acceptors (Lipinski definition) is 6. The van der Waals surface area contributed by atoms with Gasteiger partial charge in [-0.15, -0.1) is 0 Å². The van der Waals surface area contributed by atoms with E-state index in [2.05, 4.69) is 25.3 Å². The summed E-state index contributed by atoms with van der Waals surface area (Å²) in [6.07, 6.45) is 8.32. The number of aromatic nitrogens is 4. The van der Waals surface area contributed by atoms with Gasteiger partial charge in [0.1, 0.15) is 17.7 Å². The van der Waals surface area contributed by atoms with Gasteiger partial charge in [-0.25, -0.2) is 15.0 Å². The zero-order valence-electron chi connectivity index (χ0n) is 12.4. The van der Waals surface area contributed by atoms with Gasteiger partial charge in [0.05, 0.1) is 18.4 Å². The molecule has 0 bridgehead atoms. The number of nitrogens with zero attached hydrogens (tertiary/aromatic N) is 5. The van der Waals surface area contributed by atoms with E-state index < -0.39 is 0 Å². The molecule has 1 unspecified atom stereocenters. The minimum atomic E-state index is -0.256. The topological polar surface area (TPSA) is 83.9 Å². The van der Waals surface area contributed by atoms with Crippen molar-refractivity contribution >= 4 is 11.7 Å². The summed E-state index contributed by atoms with van der Waals surface area (Å²) in [5.41, 5.74) is 0.862. The molecule has 1 atom stereocenters. The summed E-state index contributed by atoms with van der Waals surface area (Å²) < 4.78 is 0.